The molecule has 126 valence electrons. The van der Waals surface area contributed by atoms with Crippen LogP contribution in [-0.4, -0.2) is 32.1 Å². The summed E-state index contributed by atoms with van der Waals surface area (Å²) < 4.78 is 29.3. The summed E-state index contributed by atoms with van der Waals surface area (Å²) in [6, 6.07) is 10.8. The van der Waals surface area contributed by atoms with Crippen molar-refractivity contribution in [2.45, 2.75) is 4.90 Å². The number of nitro groups is 1. The van der Waals surface area contributed by atoms with Gasteiger partial charge < -0.3 is 10.1 Å². The van der Waals surface area contributed by atoms with E-state index in [2.05, 4.69) is 5.32 Å². The van der Waals surface area contributed by atoms with E-state index >= 15 is 0 Å². The fraction of sp³-hybridized carbons (Fsp3) is 0.133. The van der Waals surface area contributed by atoms with Crippen LogP contribution in [0.3, 0.4) is 0 Å². The molecule has 0 saturated heterocycles. The Kier molecular flexibility index (Phi) is 5.14. The van der Waals surface area contributed by atoms with Crippen LogP contribution in [0.5, 0.6) is 5.75 Å². The molecule has 0 fully saturated rings. The van der Waals surface area contributed by atoms with Gasteiger partial charge in [-0.2, -0.15) is 0 Å². The van der Waals surface area contributed by atoms with E-state index in [9.17, 15) is 23.3 Å². The standard InChI is InChI=1S/C15H14N2O6S/c1-23-13-6-8-14(9-7-13)24(21,22)10-15(18)16-11-2-4-12(5-3-11)17(19)20/h2-9H,10H2,1H3,(H,16,18). The van der Waals surface area contributed by atoms with Crippen molar-refractivity contribution in [1.82, 2.24) is 0 Å². The molecule has 0 heterocycles. The highest BCUT2D eigenvalue weighted by atomic mass is 32.2. The van der Waals surface area contributed by atoms with Crippen molar-refractivity contribution >= 4 is 27.1 Å². The molecule has 0 aliphatic heterocycles. The molecule has 0 aliphatic carbocycles. The van der Waals surface area contributed by atoms with Crippen LogP contribution in [0.2, 0.25) is 0 Å². The molecule has 2 aromatic carbocycles. The van der Waals surface area contributed by atoms with Gasteiger partial charge in [0, 0.05) is 17.8 Å². The van der Waals surface area contributed by atoms with Gasteiger partial charge in [0.05, 0.1) is 16.9 Å². The van der Waals surface area contributed by atoms with E-state index in [0.717, 1.165) is 0 Å². The van der Waals surface area contributed by atoms with E-state index in [1.165, 1.54) is 55.6 Å². The molecule has 0 spiro atoms. The maximum atomic E-state index is 12.2. The molecule has 0 saturated carbocycles. The van der Waals surface area contributed by atoms with Crippen molar-refractivity contribution < 1.29 is 22.9 Å². The number of amides is 1. The van der Waals surface area contributed by atoms with E-state index in [1.807, 2.05) is 0 Å². The molecule has 0 aromatic heterocycles. The number of nitrogens with zero attached hydrogens (tertiary/aromatic N) is 1. The summed E-state index contributed by atoms with van der Waals surface area (Å²) in [6.45, 7) is 0. The smallest absolute Gasteiger partial charge is 0.269 e. The Morgan fingerprint density at radius 2 is 1.71 bits per heavy atom. The summed E-state index contributed by atoms with van der Waals surface area (Å²) in [5, 5.41) is 12.9. The molecule has 8 nitrogen and oxygen atoms in total. The second-order valence-electron chi connectivity index (χ2n) is 4.79. The van der Waals surface area contributed by atoms with Gasteiger partial charge in [0.2, 0.25) is 5.91 Å². The van der Waals surface area contributed by atoms with Crippen molar-refractivity contribution in [2.75, 3.05) is 18.2 Å². The van der Waals surface area contributed by atoms with Crippen LogP contribution in [0.1, 0.15) is 0 Å². The fourth-order valence-electron chi connectivity index (χ4n) is 1.90. The molecule has 24 heavy (non-hydrogen) atoms. The summed E-state index contributed by atoms with van der Waals surface area (Å²) in [6.07, 6.45) is 0. The first-order valence-corrected chi connectivity index (χ1v) is 8.38. The molecule has 9 heteroatoms. The molecule has 0 unspecified atom stereocenters. The summed E-state index contributed by atoms with van der Waals surface area (Å²) in [7, 11) is -2.34. The summed E-state index contributed by atoms with van der Waals surface area (Å²) in [4.78, 5) is 21.9. The van der Waals surface area contributed by atoms with Crippen molar-refractivity contribution in [3.05, 3.63) is 58.6 Å². The van der Waals surface area contributed by atoms with Crippen molar-refractivity contribution in [1.29, 1.82) is 0 Å². The molecule has 1 amide bonds. The minimum absolute atomic E-state index is 0.00199. The van der Waals surface area contributed by atoms with E-state index in [4.69, 9.17) is 4.74 Å². The van der Waals surface area contributed by atoms with Crippen LogP contribution in [0, 0.1) is 10.1 Å². The number of nitro benzene ring substituents is 1. The number of non-ortho nitro benzene ring substituents is 1. The molecule has 2 rings (SSSR count). The minimum atomic E-state index is -3.80. The normalized spacial score (nSPS) is 10.9. The maximum absolute atomic E-state index is 12.2. The van der Waals surface area contributed by atoms with Gasteiger partial charge in [0.25, 0.3) is 5.69 Å². The number of sulfone groups is 1. The van der Waals surface area contributed by atoms with Gasteiger partial charge in [-0.3, -0.25) is 14.9 Å². The Balaban J connectivity index is 2.05. The van der Waals surface area contributed by atoms with E-state index in [1.54, 1.807) is 0 Å². The van der Waals surface area contributed by atoms with Gasteiger partial charge in [-0.1, -0.05) is 0 Å². The van der Waals surface area contributed by atoms with Crippen LogP contribution >= 0.6 is 0 Å². The fourth-order valence-corrected chi connectivity index (χ4v) is 3.04. The van der Waals surface area contributed by atoms with Crippen LogP contribution in [0.15, 0.2) is 53.4 Å². The maximum Gasteiger partial charge on any atom is 0.269 e. The lowest BCUT2D eigenvalue weighted by atomic mass is 10.3. The van der Waals surface area contributed by atoms with Crippen LogP contribution < -0.4 is 10.1 Å². The number of rotatable bonds is 6. The second kappa shape index (κ2) is 7.09. The molecule has 0 atom stereocenters. The predicted molar refractivity (Wildman–Crippen MR) is 86.8 cm³/mol. The first-order chi connectivity index (χ1) is 11.3. The second-order valence-corrected chi connectivity index (χ2v) is 6.78. The topological polar surface area (TPSA) is 116 Å². The number of hydrogen-bond acceptors (Lipinski definition) is 6. The SMILES string of the molecule is COc1ccc(S(=O)(=O)CC(=O)Nc2ccc([N+](=O)[O-])cc2)cc1. The van der Waals surface area contributed by atoms with E-state index in [-0.39, 0.29) is 16.3 Å². The molecule has 0 aliphatic rings. The van der Waals surface area contributed by atoms with Crippen LogP contribution in [0.25, 0.3) is 0 Å². The van der Waals surface area contributed by atoms with Gasteiger partial charge >= 0.3 is 0 Å². The number of hydrogen-bond donors (Lipinski definition) is 1. The van der Waals surface area contributed by atoms with Crippen molar-refractivity contribution in [3.63, 3.8) is 0 Å². The Hall–Kier alpha value is -2.94. The number of nitrogens with one attached hydrogen (secondary N) is 1. The third-order valence-electron chi connectivity index (χ3n) is 3.10. The Bertz CT molecular complexity index is 845. The average Bonchev–Trinajstić information content (AvgIpc) is 2.54. The molecule has 0 bridgehead atoms. The van der Waals surface area contributed by atoms with Crippen molar-refractivity contribution in [3.8, 4) is 5.75 Å². The lowest BCUT2D eigenvalue weighted by molar-refractivity contribution is -0.384. The van der Waals surface area contributed by atoms with Crippen LogP contribution in [0.4, 0.5) is 11.4 Å². The zero-order valence-corrected chi connectivity index (χ0v) is 13.4. The number of carbonyl (C=O) groups is 1. The van der Waals surface area contributed by atoms with Gasteiger partial charge in [-0.05, 0) is 36.4 Å². The third kappa shape index (κ3) is 4.29. The molecule has 1 N–H and O–H groups in total. The number of carbonyl (C=O) groups excluding carboxylic acids is 1. The van der Waals surface area contributed by atoms with E-state index in [0.29, 0.717) is 5.75 Å². The first-order valence-electron chi connectivity index (χ1n) is 6.73. The summed E-state index contributed by atoms with van der Waals surface area (Å²) in [5.41, 5.74) is 0.148. The highest BCUT2D eigenvalue weighted by molar-refractivity contribution is 7.92. The van der Waals surface area contributed by atoms with Gasteiger partial charge in [0.1, 0.15) is 11.5 Å². The van der Waals surface area contributed by atoms with Gasteiger partial charge in [-0.25, -0.2) is 8.42 Å². The summed E-state index contributed by atoms with van der Waals surface area (Å²) in [5.74, 6) is -0.972. The quantitative estimate of drug-likeness (QED) is 0.629. The Labute approximate surface area is 138 Å². The zero-order valence-electron chi connectivity index (χ0n) is 12.6. The predicted octanol–water partition coefficient (Wildman–Crippen LogP) is 2.02. The molecule has 2 aromatic rings. The highest BCUT2D eigenvalue weighted by Gasteiger charge is 2.19. The molecule has 0 radical (unpaired) electrons. The summed E-state index contributed by atoms with van der Waals surface area (Å²) >= 11 is 0. The van der Waals surface area contributed by atoms with Gasteiger partial charge in [0.15, 0.2) is 9.84 Å². The van der Waals surface area contributed by atoms with Crippen molar-refractivity contribution in [2.24, 2.45) is 0 Å². The first kappa shape index (κ1) is 17.4. The number of ether oxygens (including phenoxy) is 1. The Morgan fingerprint density at radius 3 is 2.21 bits per heavy atom. The largest absolute Gasteiger partial charge is 0.497 e. The number of methoxy groups -OCH3 is 1. The zero-order chi connectivity index (χ0) is 17.7. The minimum Gasteiger partial charge on any atom is -0.497 e. The highest BCUT2D eigenvalue weighted by Crippen LogP contribution is 2.18. The lowest BCUT2D eigenvalue weighted by Crippen LogP contribution is -2.23. The lowest BCUT2D eigenvalue weighted by Gasteiger charge is -2.07. The molecular formula is C15H14N2O6S. The van der Waals surface area contributed by atoms with E-state index < -0.39 is 26.4 Å². The number of anilines is 1. The van der Waals surface area contributed by atoms with Crippen LogP contribution in [-0.2, 0) is 14.6 Å². The molecular weight excluding hydrogens is 336 g/mol. The monoisotopic (exact) mass is 350 g/mol. The average molecular weight is 350 g/mol. The number of benzene rings is 2. The third-order valence-corrected chi connectivity index (χ3v) is 4.73. The van der Waals surface area contributed by atoms with Gasteiger partial charge in [-0.15, -0.1) is 0 Å². The Morgan fingerprint density at radius 1 is 1.12 bits per heavy atom.